The molecule has 0 amide bonds. The number of phenols is 1. The third-order valence-electron chi connectivity index (χ3n) is 9.70. The lowest BCUT2D eigenvalue weighted by molar-refractivity contribution is 0.0480. The Bertz CT molecular complexity index is 1560. The first kappa shape index (κ1) is 30.1. The number of fused-ring (bicyclic) bond motifs is 1. The van der Waals surface area contributed by atoms with Gasteiger partial charge >= 0.3 is 0 Å². The smallest absolute Gasteiger partial charge is 0.134 e. The SMILES string of the molecule is Oc1ccc2c(Cc3ccc(O[C@@H]4CCCC[C@H]4N4CCCC4)c(Br)c3)c(-c3ccc(OCCN4CCCC4)cc3)sc2c1. The van der Waals surface area contributed by atoms with E-state index in [1.165, 1.54) is 98.1 Å². The number of benzene rings is 3. The molecule has 0 unspecified atom stereocenters. The van der Waals surface area contributed by atoms with Crippen molar-refractivity contribution in [3.05, 3.63) is 76.3 Å². The minimum absolute atomic E-state index is 0.260. The van der Waals surface area contributed by atoms with Crippen molar-refractivity contribution in [2.45, 2.75) is 69.9 Å². The van der Waals surface area contributed by atoms with Crippen molar-refractivity contribution < 1.29 is 14.6 Å². The molecule has 3 aliphatic rings. The first-order valence-corrected chi connectivity index (χ1v) is 18.1. The standard InChI is InChI=1S/C37H43BrN2O3S/c38-32-24-26(9-16-34(32)43-35-8-2-1-7-33(35)40-19-5-6-20-40)23-31-30-15-12-28(41)25-36(30)44-37(31)27-10-13-29(14-11-27)42-22-21-39-17-3-4-18-39/h9-16,24-25,33,35,41H,1-8,17-23H2/t33-,35-/m1/s1. The predicted molar refractivity (Wildman–Crippen MR) is 185 cm³/mol. The third-order valence-corrected chi connectivity index (χ3v) is 11.6. The zero-order valence-electron chi connectivity index (χ0n) is 25.5. The molecular weight excluding hydrogens is 632 g/mol. The number of phenolic OH excluding ortho intramolecular Hbond substituents is 1. The van der Waals surface area contributed by atoms with Crippen molar-refractivity contribution in [3.8, 4) is 27.7 Å². The normalized spacial score (nSPS) is 21.3. The van der Waals surface area contributed by atoms with E-state index in [0.29, 0.717) is 11.8 Å². The number of hydrogen-bond acceptors (Lipinski definition) is 6. The van der Waals surface area contributed by atoms with Gasteiger partial charge in [0, 0.05) is 22.2 Å². The van der Waals surface area contributed by atoms with Crippen molar-refractivity contribution >= 4 is 37.4 Å². The second kappa shape index (κ2) is 13.8. The maximum atomic E-state index is 10.2. The lowest BCUT2D eigenvalue weighted by atomic mass is 9.91. The molecule has 1 aromatic heterocycles. The van der Waals surface area contributed by atoms with E-state index in [1.54, 1.807) is 17.4 Å². The number of thiophene rings is 1. The van der Waals surface area contributed by atoms with E-state index in [-0.39, 0.29) is 6.10 Å². The first-order valence-electron chi connectivity index (χ1n) is 16.5. The van der Waals surface area contributed by atoms with Crippen LogP contribution in [0.25, 0.3) is 20.5 Å². The largest absolute Gasteiger partial charge is 0.508 e. The zero-order chi connectivity index (χ0) is 29.9. The van der Waals surface area contributed by atoms with E-state index in [1.807, 2.05) is 6.07 Å². The minimum atomic E-state index is 0.260. The van der Waals surface area contributed by atoms with Gasteiger partial charge in [-0.15, -0.1) is 11.3 Å². The molecule has 3 heterocycles. The van der Waals surface area contributed by atoms with Crippen LogP contribution in [0.2, 0.25) is 0 Å². The molecule has 0 radical (unpaired) electrons. The van der Waals surface area contributed by atoms with Crippen LogP contribution in [0, 0.1) is 0 Å². The van der Waals surface area contributed by atoms with Crippen LogP contribution in [0.5, 0.6) is 17.2 Å². The molecule has 232 valence electrons. The fraction of sp³-hybridized carbons (Fsp3) is 0.459. The molecule has 1 N–H and O–H groups in total. The van der Waals surface area contributed by atoms with E-state index in [4.69, 9.17) is 9.47 Å². The summed E-state index contributed by atoms with van der Waals surface area (Å²) >= 11 is 5.61. The predicted octanol–water partition coefficient (Wildman–Crippen LogP) is 8.89. The Labute approximate surface area is 273 Å². The monoisotopic (exact) mass is 674 g/mol. The fourth-order valence-corrected chi connectivity index (χ4v) is 9.15. The van der Waals surface area contributed by atoms with E-state index < -0.39 is 0 Å². The van der Waals surface area contributed by atoms with Crippen LogP contribution in [0.3, 0.4) is 0 Å². The fourth-order valence-electron chi connectivity index (χ4n) is 7.37. The summed E-state index contributed by atoms with van der Waals surface area (Å²) in [6.45, 7) is 6.53. The highest BCUT2D eigenvalue weighted by molar-refractivity contribution is 9.10. The molecule has 7 heteroatoms. The number of nitrogens with zero attached hydrogens (tertiary/aromatic N) is 2. The van der Waals surface area contributed by atoms with Crippen LogP contribution >= 0.6 is 27.3 Å². The Kier molecular flexibility index (Phi) is 9.45. The quantitative estimate of drug-likeness (QED) is 0.182. The van der Waals surface area contributed by atoms with Gasteiger partial charge in [-0.05, 0) is 170 Å². The van der Waals surface area contributed by atoms with Crippen molar-refractivity contribution in [1.29, 1.82) is 0 Å². The molecule has 0 spiro atoms. The lowest BCUT2D eigenvalue weighted by Gasteiger charge is -2.38. The van der Waals surface area contributed by atoms with Gasteiger partial charge in [0.1, 0.15) is 30.0 Å². The molecule has 5 nitrogen and oxygen atoms in total. The van der Waals surface area contributed by atoms with Crippen molar-refractivity contribution in [2.75, 3.05) is 39.3 Å². The molecule has 3 fully saturated rings. The first-order chi connectivity index (χ1) is 21.6. The van der Waals surface area contributed by atoms with Crippen molar-refractivity contribution in [2.24, 2.45) is 0 Å². The second-order valence-corrected chi connectivity index (χ2v) is 14.6. The Morgan fingerprint density at radius 2 is 1.61 bits per heavy atom. The van der Waals surface area contributed by atoms with Gasteiger partial charge in [-0.3, -0.25) is 9.80 Å². The van der Waals surface area contributed by atoms with Gasteiger partial charge in [0.05, 0.1) is 4.47 Å². The molecule has 2 aliphatic heterocycles. The lowest BCUT2D eigenvalue weighted by Crippen LogP contribution is -2.46. The van der Waals surface area contributed by atoms with Crippen LogP contribution < -0.4 is 9.47 Å². The summed E-state index contributed by atoms with van der Waals surface area (Å²) in [7, 11) is 0. The Morgan fingerprint density at radius 3 is 2.41 bits per heavy atom. The van der Waals surface area contributed by atoms with Gasteiger partial charge in [-0.1, -0.05) is 12.5 Å². The summed E-state index contributed by atoms with van der Waals surface area (Å²) in [6, 6.07) is 21.4. The van der Waals surface area contributed by atoms with Gasteiger partial charge in [0.25, 0.3) is 0 Å². The number of rotatable bonds is 10. The average molecular weight is 676 g/mol. The van der Waals surface area contributed by atoms with Crippen LogP contribution in [0.4, 0.5) is 0 Å². The van der Waals surface area contributed by atoms with Gasteiger partial charge in [0.2, 0.25) is 0 Å². The number of halogens is 1. The highest BCUT2D eigenvalue weighted by Gasteiger charge is 2.33. The van der Waals surface area contributed by atoms with Crippen LogP contribution in [0.15, 0.2) is 65.1 Å². The summed E-state index contributed by atoms with van der Waals surface area (Å²) in [4.78, 5) is 6.38. The number of hydrogen-bond donors (Lipinski definition) is 1. The Hall–Kier alpha value is -2.58. The van der Waals surface area contributed by atoms with Gasteiger partial charge < -0.3 is 14.6 Å². The molecule has 4 aromatic rings. The topological polar surface area (TPSA) is 45.2 Å². The molecule has 7 rings (SSSR count). The molecule has 2 atom stereocenters. The minimum Gasteiger partial charge on any atom is -0.508 e. The summed E-state index contributed by atoms with van der Waals surface area (Å²) in [6.07, 6.45) is 11.2. The summed E-state index contributed by atoms with van der Waals surface area (Å²) in [5.41, 5.74) is 3.70. The van der Waals surface area contributed by atoms with Crippen molar-refractivity contribution in [3.63, 3.8) is 0 Å². The van der Waals surface area contributed by atoms with E-state index in [0.717, 1.165) is 46.7 Å². The Balaban J connectivity index is 1.09. The summed E-state index contributed by atoms with van der Waals surface area (Å²) in [5.74, 6) is 2.17. The zero-order valence-corrected chi connectivity index (χ0v) is 27.9. The average Bonchev–Trinajstić information content (AvgIpc) is 3.82. The number of aromatic hydroxyl groups is 1. The second-order valence-electron chi connectivity index (χ2n) is 12.7. The number of likely N-dealkylation sites (tertiary alicyclic amines) is 2. The molecular formula is C37H43BrN2O3S. The molecule has 3 aromatic carbocycles. The van der Waals surface area contributed by atoms with Crippen LogP contribution in [-0.2, 0) is 6.42 Å². The maximum absolute atomic E-state index is 10.2. The highest BCUT2D eigenvalue weighted by atomic mass is 79.9. The summed E-state index contributed by atoms with van der Waals surface area (Å²) in [5, 5.41) is 11.4. The maximum Gasteiger partial charge on any atom is 0.134 e. The van der Waals surface area contributed by atoms with Gasteiger partial charge in [-0.2, -0.15) is 0 Å². The molecule has 0 bridgehead atoms. The highest BCUT2D eigenvalue weighted by Crippen LogP contribution is 2.42. The molecule has 1 saturated carbocycles. The molecule has 2 saturated heterocycles. The Morgan fingerprint density at radius 1 is 0.841 bits per heavy atom. The van der Waals surface area contributed by atoms with Crippen molar-refractivity contribution in [1.82, 2.24) is 9.80 Å². The molecule has 44 heavy (non-hydrogen) atoms. The van der Waals surface area contributed by atoms with E-state index in [2.05, 4.69) is 74.3 Å². The third kappa shape index (κ3) is 6.81. The van der Waals surface area contributed by atoms with Gasteiger partial charge in [0.15, 0.2) is 0 Å². The van der Waals surface area contributed by atoms with E-state index in [9.17, 15) is 5.11 Å². The molecule has 1 aliphatic carbocycles. The van der Waals surface area contributed by atoms with Gasteiger partial charge in [-0.25, -0.2) is 0 Å². The van der Waals surface area contributed by atoms with Crippen LogP contribution in [-0.4, -0.2) is 66.4 Å². The van der Waals surface area contributed by atoms with Crippen LogP contribution in [0.1, 0.15) is 62.5 Å². The number of ether oxygens (including phenoxy) is 2. The van der Waals surface area contributed by atoms with E-state index >= 15 is 0 Å². The summed E-state index contributed by atoms with van der Waals surface area (Å²) < 4.78 is 14.9.